The average molecular weight is 573 g/mol. The molecule has 0 aromatic heterocycles. The third-order valence-electron chi connectivity index (χ3n) is 6.46. The molecular formula is C27H26F6N2O3S. The molecule has 39 heavy (non-hydrogen) atoms. The van der Waals surface area contributed by atoms with Crippen molar-refractivity contribution in [2.75, 3.05) is 13.7 Å². The van der Waals surface area contributed by atoms with E-state index < -0.39 is 35.6 Å². The second kappa shape index (κ2) is 11.9. The molecule has 4 rings (SSSR count). The molecule has 0 saturated heterocycles. The van der Waals surface area contributed by atoms with Gasteiger partial charge in [0.1, 0.15) is 12.4 Å². The molecule has 0 atom stereocenters. The molecule has 1 saturated carbocycles. The van der Waals surface area contributed by atoms with E-state index in [1.165, 1.54) is 6.07 Å². The Bertz CT molecular complexity index is 1270. The number of amidine groups is 1. The van der Waals surface area contributed by atoms with Gasteiger partial charge in [0.2, 0.25) is 0 Å². The summed E-state index contributed by atoms with van der Waals surface area (Å²) in [5.41, 5.74) is -2.59. The summed E-state index contributed by atoms with van der Waals surface area (Å²) in [7, 11) is 1.64. The van der Waals surface area contributed by atoms with Crippen LogP contribution in [0.5, 0.6) is 11.5 Å². The van der Waals surface area contributed by atoms with Gasteiger partial charge in [0.05, 0.1) is 22.6 Å². The van der Waals surface area contributed by atoms with E-state index in [0.29, 0.717) is 34.9 Å². The third-order valence-corrected chi connectivity index (χ3v) is 7.26. The lowest BCUT2D eigenvalue weighted by Gasteiger charge is -2.23. The summed E-state index contributed by atoms with van der Waals surface area (Å²) in [4.78, 5) is 16.2. The summed E-state index contributed by atoms with van der Waals surface area (Å²) in [6.45, 7) is -0.227. The van der Waals surface area contributed by atoms with Gasteiger partial charge in [-0.3, -0.25) is 4.79 Å². The van der Waals surface area contributed by atoms with Crippen LogP contribution in [0.15, 0.2) is 46.3 Å². The molecule has 2 aliphatic rings. The second-order valence-corrected chi connectivity index (χ2v) is 10.3. The van der Waals surface area contributed by atoms with Gasteiger partial charge in [0.25, 0.3) is 0 Å². The Kier molecular flexibility index (Phi) is 8.83. The molecule has 1 N–H and O–H groups in total. The predicted molar refractivity (Wildman–Crippen MR) is 137 cm³/mol. The molecule has 0 spiro atoms. The van der Waals surface area contributed by atoms with Crippen LogP contribution < -0.4 is 14.8 Å². The van der Waals surface area contributed by atoms with Crippen molar-refractivity contribution in [2.24, 2.45) is 10.9 Å². The Hall–Kier alpha value is -3.15. The maximum absolute atomic E-state index is 13.6. The number of likely N-dealkylation sites (N-methyl/N-ethyl adjacent to an activating group) is 1. The maximum atomic E-state index is 13.6. The summed E-state index contributed by atoms with van der Waals surface area (Å²) in [5, 5.41) is 2.49. The highest BCUT2D eigenvalue weighted by molar-refractivity contribution is 8.18. The van der Waals surface area contributed by atoms with Crippen LogP contribution in [0.4, 0.5) is 31.1 Å². The molecule has 1 heterocycles. The molecule has 1 amide bonds. The smallest absolute Gasteiger partial charge is 0.416 e. The number of ether oxygens (including phenoxy) is 2. The second-order valence-electron chi connectivity index (χ2n) is 9.26. The molecular weight excluding hydrogens is 546 g/mol. The number of carbonyl (C=O) groups excluding carboxylic acids is 1. The van der Waals surface area contributed by atoms with Crippen LogP contribution in [0.25, 0.3) is 6.08 Å². The van der Waals surface area contributed by atoms with Gasteiger partial charge in [-0.05, 0) is 66.4 Å². The van der Waals surface area contributed by atoms with Crippen LogP contribution in [0.3, 0.4) is 0 Å². The van der Waals surface area contributed by atoms with E-state index in [9.17, 15) is 31.1 Å². The minimum absolute atomic E-state index is 0.0932. The van der Waals surface area contributed by atoms with Gasteiger partial charge >= 0.3 is 17.6 Å². The standard InChI is InChI=1S/C27H26F6N2O3S/c1-34-24-23(39-25(36)35-24)12-17-7-10-21(22(11-17)37-14-16-5-3-2-4-6-16)38-15-18-8-9-19(26(28,29)30)13-20(18)27(31,32)33/h7-13,16H,2-6,14-15H2,1H3,(H,34,35,36). The van der Waals surface area contributed by atoms with Crippen molar-refractivity contribution in [3.8, 4) is 11.5 Å². The highest BCUT2D eigenvalue weighted by atomic mass is 32.2. The fourth-order valence-corrected chi connectivity index (χ4v) is 5.21. The quantitative estimate of drug-likeness (QED) is 0.340. The van der Waals surface area contributed by atoms with Gasteiger partial charge in [-0.25, -0.2) is 0 Å². The van der Waals surface area contributed by atoms with Crippen LogP contribution >= 0.6 is 11.8 Å². The van der Waals surface area contributed by atoms with Gasteiger partial charge in [-0.2, -0.15) is 31.3 Å². The van der Waals surface area contributed by atoms with E-state index >= 15 is 0 Å². The van der Waals surface area contributed by atoms with Gasteiger partial charge in [-0.1, -0.05) is 31.4 Å². The number of benzene rings is 2. The largest absolute Gasteiger partial charge is 0.489 e. The van der Waals surface area contributed by atoms with Crippen molar-refractivity contribution in [2.45, 2.75) is 51.1 Å². The van der Waals surface area contributed by atoms with Crippen molar-refractivity contribution >= 4 is 28.9 Å². The number of hydrogen-bond donors (Lipinski definition) is 1. The molecule has 2 aromatic rings. The summed E-state index contributed by atoms with van der Waals surface area (Å²) in [5.74, 6) is 1.18. The van der Waals surface area contributed by atoms with E-state index in [1.54, 1.807) is 25.3 Å². The van der Waals surface area contributed by atoms with E-state index in [0.717, 1.165) is 49.9 Å². The fraction of sp³-hybridized carbons (Fsp3) is 0.407. The first-order valence-electron chi connectivity index (χ1n) is 12.3. The number of nitrogens with zero attached hydrogens (tertiary/aromatic N) is 1. The molecule has 1 aliphatic carbocycles. The minimum atomic E-state index is -5.00. The number of thioether (sulfide) groups is 1. The van der Waals surface area contributed by atoms with E-state index in [4.69, 9.17) is 9.47 Å². The lowest BCUT2D eigenvalue weighted by Crippen LogP contribution is -2.16. The van der Waals surface area contributed by atoms with Crippen molar-refractivity contribution in [3.63, 3.8) is 0 Å². The molecule has 0 unspecified atom stereocenters. The molecule has 0 bridgehead atoms. The Morgan fingerprint density at radius 2 is 1.72 bits per heavy atom. The van der Waals surface area contributed by atoms with Gasteiger partial charge in [-0.15, -0.1) is 0 Å². The zero-order valence-corrected chi connectivity index (χ0v) is 21.7. The number of rotatable bonds is 7. The molecule has 0 radical (unpaired) electrons. The van der Waals surface area contributed by atoms with Crippen molar-refractivity contribution in [1.82, 2.24) is 5.32 Å². The normalized spacial score (nSPS) is 17.9. The highest BCUT2D eigenvalue weighted by Gasteiger charge is 2.38. The molecule has 1 fully saturated rings. The summed E-state index contributed by atoms with van der Waals surface area (Å²) < 4.78 is 91.6. The number of hydrogen-bond acceptors (Lipinski definition) is 5. The predicted octanol–water partition coefficient (Wildman–Crippen LogP) is 8.09. The van der Waals surface area contributed by atoms with Crippen LogP contribution in [0.2, 0.25) is 0 Å². The Morgan fingerprint density at radius 1 is 0.974 bits per heavy atom. The maximum Gasteiger partial charge on any atom is 0.416 e. The molecule has 5 nitrogen and oxygen atoms in total. The molecule has 2 aromatic carbocycles. The zero-order chi connectivity index (χ0) is 28.2. The number of amides is 1. The minimum Gasteiger partial charge on any atom is -0.489 e. The van der Waals surface area contributed by atoms with Crippen molar-refractivity contribution < 1.29 is 40.6 Å². The molecule has 210 valence electrons. The first-order valence-corrected chi connectivity index (χ1v) is 13.1. The SMILES string of the molecule is CNC1=NC(=O)SC1=Cc1ccc(OCc2ccc(C(F)(F)F)cc2C(F)(F)F)c(OCC2CCCCC2)c1. The summed E-state index contributed by atoms with van der Waals surface area (Å²) in [6, 6.07) is 6.29. The molecule has 1 aliphatic heterocycles. The first-order chi connectivity index (χ1) is 18.4. The summed E-state index contributed by atoms with van der Waals surface area (Å²) >= 11 is 0.951. The Morgan fingerprint density at radius 3 is 2.38 bits per heavy atom. The monoisotopic (exact) mass is 572 g/mol. The van der Waals surface area contributed by atoms with Crippen LogP contribution in [0.1, 0.15) is 54.4 Å². The Labute approximate surface area is 225 Å². The van der Waals surface area contributed by atoms with E-state index in [2.05, 4.69) is 10.3 Å². The fourth-order valence-electron chi connectivity index (χ4n) is 4.45. The van der Waals surface area contributed by atoms with Gasteiger partial charge < -0.3 is 14.8 Å². The van der Waals surface area contributed by atoms with E-state index in [-0.39, 0.29) is 22.8 Å². The zero-order valence-electron chi connectivity index (χ0n) is 20.9. The van der Waals surface area contributed by atoms with Crippen molar-refractivity contribution in [3.05, 3.63) is 63.6 Å². The van der Waals surface area contributed by atoms with Gasteiger partial charge in [0, 0.05) is 12.6 Å². The molecule has 12 heteroatoms. The third kappa shape index (κ3) is 7.49. The Balaban J connectivity index is 1.60. The van der Waals surface area contributed by atoms with Crippen LogP contribution in [0, 0.1) is 5.92 Å². The number of carbonyl (C=O) groups is 1. The summed E-state index contributed by atoms with van der Waals surface area (Å²) in [6.07, 6.45) is -2.84. The highest BCUT2D eigenvalue weighted by Crippen LogP contribution is 2.39. The topological polar surface area (TPSA) is 59.9 Å². The number of nitrogens with one attached hydrogen (secondary N) is 1. The first kappa shape index (κ1) is 28.8. The van der Waals surface area contributed by atoms with Crippen LogP contribution in [-0.4, -0.2) is 24.7 Å². The number of aliphatic imine (C=N–C) groups is 1. The van der Waals surface area contributed by atoms with Crippen molar-refractivity contribution in [1.29, 1.82) is 0 Å². The average Bonchev–Trinajstić information content (AvgIpc) is 3.25. The van der Waals surface area contributed by atoms with Gasteiger partial charge in [0.15, 0.2) is 11.5 Å². The number of alkyl halides is 6. The lowest BCUT2D eigenvalue weighted by molar-refractivity contribution is -0.143. The lowest BCUT2D eigenvalue weighted by atomic mass is 9.90. The van der Waals surface area contributed by atoms with E-state index in [1.807, 2.05) is 0 Å². The van der Waals surface area contributed by atoms with Crippen LogP contribution in [-0.2, 0) is 19.0 Å². The number of halogens is 6.